The number of benzene rings is 1. The first-order valence-electron chi connectivity index (χ1n) is 6.50. The fraction of sp³-hybridized carbons (Fsp3) is 0.0625. The van der Waals surface area contributed by atoms with Crippen LogP contribution in [0.2, 0.25) is 10.0 Å². The third kappa shape index (κ3) is 2.89. The number of aromatic nitrogens is 2. The Balaban J connectivity index is 1.95. The van der Waals surface area contributed by atoms with Crippen LogP contribution in [0.25, 0.3) is 10.9 Å². The average molecular weight is 332 g/mol. The highest BCUT2D eigenvalue weighted by molar-refractivity contribution is 6.31. The molecule has 1 aromatic carbocycles. The molecule has 0 bridgehead atoms. The molecule has 2 heterocycles. The topological polar surface area (TPSA) is 46.1 Å². The minimum absolute atomic E-state index is 0.253. The largest absolute Gasteiger partial charge is 0.294 e. The molecule has 0 saturated carbocycles. The second-order valence-electron chi connectivity index (χ2n) is 4.73. The van der Waals surface area contributed by atoms with Crippen LogP contribution in [0.4, 0.5) is 5.82 Å². The summed E-state index contributed by atoms with van der Waals surface area (Å²) in [4.78, 5) is 22.4. The molecule has 3 aromatic rings. The predicted octanol–water partition coefficient (Wildman–Crippen LogP) is 4.21. The lowest BCUT2D eigenvalue weighted by Gasteiger charge is -2.15. The molecule has 0 aliphatic rings. The Morgan fingerprint density at radius 1 is 1.05 bits per heavy atom. The van der Waals surface area contributed by atoms with Crippen molar-refractivity contribution in [3.05, 3.63) is 64.4 Å². The van der Waals surface area contributed by atoms with Crippen LogP contribution in [0.3, 0.4) is 0 Å². The van der Waals surface area contributed by atoms with E-state index < -0.39 is 0 Å². The number of carbonyl (C=O) groups is 1. The molecule has 0 unspecified atom stereocenters. The molecule has 0 atom stereocenters. The first-order valence-corrected chi connectivity index (χ1v) is 7.26. The van der Waals surface area contributed by atoms with E-state index in [1.807, 2.05) is 12.1 Å². The normalized spacial score (nSPS) is 10.7. The predicted molar refractivity (Wildman–Crippen MR) is 88.7 cm³/mol. The highest BCUT2D eigenvalue weighted by Gasteiger charge is 2.16. The van der Waals surface area contributed by atoms with Crippen molar-refractivity contribution in [2.75, 3.05) is 11.9 Å². The molecule has 6 heteroatoms. The SMILES string of the molecule is CN(C(=O)c1ccc2ccc(Cl)cc2n1)c1ccc(Cl)cn1. The minimum atomic E-state index is -0.253. The Hall–Kier alpha value is -2.17. The lowest BCUT2D eigenvalue weighted by molar-refractivity contribution is 0.0988. The standard InChI is InChI=1S/C16H11Cl2N3O/c1-21(15-7-5-12(18)9-19-15)16(22)13-6-3-10-2-4-11(17)8-14(10)20-13/h2-9H,1H3. The fourth-order valence-electron chi connectivity index (χ4n) is 2.05. The molecule has 110 valence electrons. The van der Waals surface area contributed by atoms with Gasteiger partial charge in [0.2, 0.25) is 0 Å². The molecule has 0 fully saturated rings. The van der Waals surface area contributed by atoms with Crippen molar-refractivity contribution >= 4 is 45.8 Å². The molecule has 0 saturated heterocycles. The molecule has 0 aliphatic heterocycles. The molecule has 1 amide bonds. The van der Waals surface area contributed by atoms with Crippen LogP contribution in [0.1, 0.15) is 10.5 Å². The molecule has 22 heavy (non-hydrogen) atoms. The first-order chi connectivity index (χ1) is 10.5. The molecular formula is C16H11Cl2N3O. The van der Waals surface area contributed by atoms with E-state index in [1.54, 1.807) is 37.4 Å². The van der Waals surface area contributed by atoms with Crippen LogP contribution in [0.15, 0.2) is 48.7 Å². The number of fused-ring (bicyclic) bond motifs is 1. The quantitative estimate of drug-likeness (QED) is 0.706. The third-order valence-electron chi connectivity index (χ3n) is 3.23. The minimum Gasteiger partial charge on any atom is -0.294 e. The monoisotopic (exact) mass is 331 g/mol. The van der Waals surface area contributed by atoms with Gasteiger partial charge in [-0.2, -0.15) is 0 Å². The summed E-state index contributed by atoms with van der Waals surface area (Å²) in [5, 5.41) is 2.02. The van der Waals surface area contributed by atoms with Crippen molar-refractivity contribution in [1.29, 1.82) is 0 Å². The zero-order chi connectivity index (χ0) is 15.7. The summed E-state index contributed by atoms with van der Waals surface area (Å²) in [6.45, 7) is 0. The number of pyridine rings is 2. The average Bonchev–Trinajstić information content (AvgIpc) is 2.53. The molecule has 0 N–H and O–H groups in total. The molecule has 0 spiro atoms. The number of amides is 1. The lowest BCUT2D eigenvalue weighted by Crippen LogP contribution is -2.27. The van der Waals surface area contributed by atoms with E-state index in [0.29, 0.717) is 27.1 Å². The Morgan fingerprint density at radius 3 is 2.50 bits per heavy atom. The molecule has 4 nitrogen and oxygen atoms in total. The van der Waals surface area contributed by atoms with Crippen molar-refractivity contribution < 1.29 is 4.79 Å². The number of halogens is 2. The van der Waals surface area contributed by atoms with E-state index in [-0.39, 0.29) is 5.91 Å². The highest BCUT2D eigenvalue weighted by atomic mass is 35.5. The van der Waals surface area contributed by atoms with Crippen LogP contribution >= 0.6 is 23.2 Å². The molecular weight excluding hydrogens is 321 g/mol. The number of nitrogens with zero attached hydrogens (tertiary/aromatic N) is 3. The van der Waals surface area contributed by atoms with Gasteiger partial charge in [-0.3, -0.25) is 9.69 Å². The van der Waals surface area contributed by atoms with Gasteiger partial charge in [-0.25, -0.2) is 9.97 Å². The van der Waals surface area contributed by atoms with Gasteiger partial charge in [0, 0.05) is 23.7 Å². The van der Waals surface area contributed by atoms with Crippen LogP contribution in [-0.2, 0) is 0 Å². The Kier molecular flexibility index (Phi) is 3.96. The number of hydrogen-bond donors (Lipinski definition) is 0. The van der Waals surface area contributed by atoms with Crippen LogP contribution in [0, 0.1) is 0 Å². The molecule has 3 rings (SSSR count). The molecule has 0 aliphatic carbocycles. The van der Waals surface area contributed by atoms with E-state index in [0.717, 1.165) is 5.39 Å². The zero-order valence-corrected chi connectivity index (χ0v) is 13.1. The number of anilines is 1. The summed E-state index contributed by atoms with van der Waals surface area (Å²) in [7, 11) is 1.64. The van der Waals surface area contributed by atoms with Crippen molar-refractivity contribution in [3.63, 3.8) is 0 Å². The maximum Gasteiger partial charge on any atom is 0.277 e. The van der Waals surface area contributed by atoms with Crippen molar-refractivity contribution in [3.8, 4) is 0 Å². The van der Waals surface area contributed by atoms with Gasteiger partial charge in [0.25, 0.3) is 5.91 Å². The van der Waals surface area contributed by atoms with Crippen molar-refractivity contribution in [2.45, 2.75) is 0 Å². The Labute approximate surface area is 137 Å². The molecule has 0 radical (unpaired) electrons. The number of hydrogen-bond acceptors (Lipinski definition) is 3. The van der Waals surface area contributed by atoms with Crippen LogP contribution in [0.5, 0.6) is 0 Å². The number of rotatable bonds is 2. The lowest BCUT2D eigenvalue weighted by atomic mass is 10.2. The van der Waals surface area contributed by atoms with Gasteiger partial charge >= 0.3 is 0 Å². The summed E-state index contributed by atoms with van der Waals surface area (Å²) in [5.74, 6) is 0.249. The van der Waals surface area contributed by atoms with E-state index in [1.165, 1.54) is 11.1 Å². The summed E-state index contributed by atoms with van der Waals surface area (Å²) >= 11 is 11.8. The maximum absolute atomic E-state index is 12.5. The highest BCUT2D eigenvalue weighted by Crippen LogP contribution is 2.20. The summed E-state index contributed by atoms with van der Waals surface area (Å²) in [6, 6.07) is 12.3. The summed E-state index contributed by atoms with van der Waals surface area (Å²) < 4.78 is 0. The number of carbonyl (C=O) groups excluding carboxylic acids is 1. The van der Waals surface area contributed by atoms with E-state index in [9.17, 15) is 4.79 Å². The Morgan fingerprint density at radius 2 is 1.77 bits per heavy atom. The summed E-state index contributed by atoms with van der Waals surface area (Å²) in [6.07, 6.45) is 1.49. The van der Waals surface area contributed by atoms with Crippen LogP contribution in [-0.4, -0.2) is 22.9 Å². The van der Waals surface area contributed by atoms with Gasteiger partial charge in [-0.1, -0.05) is 35.3 Å². The van der Waals surface area contributed by atoms with Gasteiger partial charge in [-0.05, 0) is 30.3 Å². The van der Waals surface area contributed by atoms with Crippen molar-refractivity contribution in [1.82, 2.24) is 9.97 Å². The van der Waals surface area contributed by atoms with Gasteiger partial charge in [0.05, 0.1) is 10.5 Å². The third-order valence-corrected chi connectivity index (χ3v) is 3.69. The van der Waals surface area contributed by atoms with E-state index >= 15 is 0 Å². The Bertz CT molecular complexity index is 850. The van der Waals surface area contributed by atoms with Crippen molar-refractivity contribution in [2.24, 2.45) is 0 Å². The van der Waals surface area contributed by atoms with E-state index in [2.05, 4.69) is 9.97 Å². The smallest absolute Gasteiger partial charge is 0.277 e. The van der Waals surface area contributed by atoms with Crippen LogP contribution < -0.4 is 4.90 Å². The van der Waals surface area contributed by atoms with E-state index in [4.69, 9.17) is 23.2 Å². The fourth-order valence-corrected chi connectivity index (χ4v) is 2.33. The van der Waals surface area contributed by atoms with Gasteiger partial charge in [0.15, 0.2) is 0 Å². The van der Waals surface area contributed by atoms with Gasteiger partial charge < -0.3 is 0 Å². The van der Waals surface area contributed by atoms with Gasteiger partial charge in [0.1, 0.15) is 11.5 Å². The van der Waals surface area contributed by atoms with Gasteiger partial charge in [-0.15, -0.1) is 0 Å². The second-order valence-corrected chi connectivity index (χ2v) is 5.61. The second kappa shape index (κ2) is 5.91. The summed E-state index contributed by atoms with van der Waals surface area (Å²) in [5.41, 5.74) is 1.00. The zero-order valence-electron chi connectivity index (χ0n) is 11.6. The maximum atomic E-state index is 12.5. The first kappa shape index (κ1) is 14.8. The molecule has 2 aromatic heterocycles.